The van der Waals surface area contributed by atoms with Gasteiger partial charge in [0.25, 0.3) is 0 Å². The third kappa shape index (κ3) is 4.13. The molecule has 2 aromatic rings. The summed E-state index contributed by atoms with van der Waals surface area (Å²) < 4.78 is 13.2. The molecule has 0 radical (unpaired) electrons. The second kappa shape index (κ2) is 7.15. The first-order valence-electron chi connectivity index (χ1n) is 7.78. The molecule has 5 nitrogen and oxygen atoms in total. The van der Waals surface area contributed by atoms with Gasteiger partial charge in [0.2, 0.25) is 5.95 Å². The third-order valence-electron chi connectivity index (χ3n) is 3.84. The molecule has 6 heteroatoms. The molecule has 1 aromatic heterocycles. The molecule has 2 N–H and O–H groups in total. The Bertz CT molecular complexity index is 611. The standard InChI is InChI=1S/C16H20FN5/c17-12-6-5-9-14(10-12)19-15-11-18-22-16(21-15)20-13-7-3-1-2-4-8-13/h5-6,9-11,13H,1-4,7-8H2,(H2,19,20,21,22). The maximum Gasteiger partial charge on any atom is 0.244 e. The molecule has 0 spiro atoms. The summed E-state index contributed by atoms with van der Waals surface area (Å²) in [5, 5.41) is 14.4. The van der Waals surface area contributed by atoms with Gasteiger partial charge in [-0.1, -0.05) is 31.7 Å². The average molecular weight is 301 g/mol. The van der Waals surface area contributed by atoms with Crippen LogP contribution in [0.15, 0.2) is 30.5 Å². The molecule has 0 atom stereocenters. The normalized spacial score (nSPS) is 16.0. The molecule has 1 aliphatic rings. The second-order valence-electron chi connectivity index (χ2n) is 5.63. The molecule has 1 heterocycles. The topological polar surface area (TPSA) is 62.7 Å². The van der Waals surface area contributed by atoms with Crippen LogP contribution >= 0.6 is 0 Å². The Morgan fingerprint density at radius 1 is 1.09 bits per heavy atom. The van der Waals surface area contributed by atoms with Gasteiger partial charge in [0, 0.05) is 11.7 Å². The smallest absolute Gasteiger partial charge is 0.244 e. The summed E-state index contributed by atoms with van der Waals surface area (Å²) in [6.07, 6.45) is 8.91. The second-order valence-corrected chi connectivity index (χ2v) is 5.63. The van der Waals surface area contributed by atoms with Crippen LogP contribution in [0.25, 0.3) is 0 Å². The third-order valence-corrected chi connectivity index (χ3v) is 3.84. The predicted molar refractivity (Wildman–Crippen MR) is 84.6 cm³/mol. The first-order valence-corrected chi connectivity index (χ1v) is 7.78. The molecule has 116 valence electrons. The average Bonchev–Trinajstić information content (AvgIpc) is 2.76. The van der Waals surface area contributed by atoms with E-state index in [2.05, 4.69) is 25.8 Å². The Morgan fingerprint density at radius 3 is 2.68 bits per heavy atom. The van der Waals surface area contributed by atoms with Crippen LogP contribution in [0.4, 0.5) is 21.8 Å². The van der Waals surface area contributed by atoms with Crippen LogP contribution < -0.4 is 10.6 Å². The summed E-state index contributed by atoms with van der Waals surface area (Å²) in [6, 6.07) is 6.66. The van der Waals surface area contributed by atoms with E-state index in [0.29, 0.717) is 23.5 Å². The molecule has 1 aliphatic carbocycles. The Labute approximate surface area is 129 Å². The van der Waals surface area contributed by atoms with Gasteiger partial charge in [-0.2, -0.15) is 10.1 Å². The van der Waals surface area contributed by atoms with Crippen LogP contribution in [0, 0.1) is 5.82 Å². The van der Waals surface area contributed by atoms with Crippen LogP contribution in [0.3, 0.4) is 0 Å². The van der Waals surface area contributed by atoms with Crippen molar-refractivity contribution in [1.29, 1.82) is 0 Å². The predicted octanol–water partition coefficient (Wildman–Crippen LogP) is 3.89. The molecular formula is C16H20FN5. The van der Waals surface area contributed by atoms with Gasteiger partial charge in [0.1, 0.15) is 5.82 Å². The van der Waals surface area contributed by atoms with Crippen molar-refractivity contribution < 1.29 is 4.39 Å². The van der Waals surface area contributed by atoms with Crippen molar-refractivity contribution in [3.8, 4) is 0 Å². The zero-order valence-electron chi connectivity index (χ0n) is 12.4. The van der Waals surface area contributed by atoms with Gasteiger partial charge in [0.05, 0.1) is 6.20 Å². The first-order chi connectivity index (χ1) is 10.8. The van der Waals surface area contributed by atoms with Crippen molar-refractivity contribution in [3.05, 3.63) is 36.3 Å². The van der Waals surface area contributed by atoms with Gasteiger partial charge in [-0.15, -0.1) is 5.10 Å². The molecule has 3 rings (SSSR count). The lowest BCUT2D eigenvalue weighted by Crippen LogP contribution is -2.20. The zero-order chi connectivity index (χ0) is 15.2. The number of halogens is 1. The fourth-order valence-corrected chi connectivity index (χ4v) is 2.75. The minimum Gasteiger partial charge on any atom is -0.350 e. The number of nitrogens with zero attached hydrogens (tertiary/aromatic N) is 3. The molecule has 0 amide bonds. The first kappa shape index (κ1) is 14.7. The molecule has 1 fully saturated rings. The summed E-state index contributed by atoms with van der Waals surface area (Å²) in [4.78, 5) is 4.40. The summed E-state index contributed by atoms with van der Waals surface area (Å²) in [5.41, 5.74) is 0.640. The van der Waals surface area contributed by atoms with Crippen molar-refractivity contribution in [2.24, 2.45) is 0 Å². The number of aromatic nitrogens is 3. The molecule has 1 saturated carbocycles. The number of hydrogen-bond donors (Lipinski definition) is 2. The summed E-state index contributed by atoms with van der Waals surface area (Å²) in [7, 11) is 0. The van der Waals surface area contributed by atoms with E-state index in [1.165, 1.54) is 44.0 Å². The lowest BCUT2D eigenvalue weighted by molar-refractivity contribution is 0.613. The fourth-order valence-electron chi connectivity index (χ4n) is 2.75. The summed E-state index contributed by atoms with van der Waals surface area (Å²) in [5.74, 6) is 0.786. The van der Waals surface area contributed by atoms with Gasteiger partial charge < -0.3 is 10.6 Å². The number of anilines is 3. The van der Waals surface area contributed by atoms with Gasteiger partial charge in [-0.05, 0) is 31.0 Å². The largest absolute Gasteiger partial charge is 0.350 e. The molecule has 0 saturated heterocycles. The highest BCUT2D eigenvalue weighted by atomic mass is 19.1. The van der Waals surface area contributed by atoms with Crippen molar-refractivity contribution in [2.75, 3.05) is 10.6 Å². The molecule has 0 unspecified atom stereocenters. The van der Waals surface area contributed by atoms with E-state index in [-0.39, 0.29) is 5.82 Å². The van der Waals surface area contributed by atoms with E-state index >= 15 is 0 Å². The van der Waals surface area contributed by atoms with Crippen LogP contribution in [0.1, 0.15) is 38.5 Å². The van der Waals surface area contributed by atoms with E-state index < -0.39 is 0 Å². The molecule has 1 aromatic carbocycles. The fraction of sp³-hybridized carbons (Fsp3) is 0.438. The van der Waals surface area contributed by atoms with Gasteiger partial charge in [-0.25, -0.2) is 4.39 Å². The highest BCUT2D eigenvalue weighted by Gasteiger charge is 2.13. The maximum absolute atomic E-state index is 13.2. The van der Waals surface area contributed by atoms with E-state index in [9.17, 15) is 4.39 Å². The van der Waals surface area contributed by atoms with E-state index in [1.807, 2.05) is 0 Å². The molecular weight excluding hydrogens is 281 g/mol. The van der Waals surface area contributed by atoms with E-state index in [0.717, 1.165) is 12.8 Å². The van der Waals surface area contributed by atoms with Crippen LogP contribution in [0.5, 0.6) is 0 Å². The number of hydrogen-bond acceptors (Lipinski definition) is 5. The monoisotopic (exact) mass is 301 g/mol. The molecule has 0 bridgehead atoms. The Hall–Kier alpha value is -2.24. The summed E-state index contributed by atoms with van der Waals surface area (Å²) >= 11 is 0. The summed E-state index contributed by atoms with van der Waals surface area (Å²) in [6.45, 7) is 0. The Morgan fingerprint density at radius 2 is 1.91 bits per heavy atom. The lowest BCUT2D eigenvalue weighted by Gasteiger charge is -2.16. The van der Waals surface area contributed by atoms with Gasteiger partial charge in [0.15, 0.2) is 5.82 Å². The van der Waals surface area contributed by atoms with E-state index in [4.69, 9.17) is 0 Å². The minimum absolute atomic E-state index is 0.288. The highest BCUT2D eigenvalue weighted by Crippen LogP contribution is 2.20. The number of benzene rings is 1. The maximum atomic E-state index is 13.2. The lowest BCUT2D eigenvalue weighted by atomic mass is 10.1. The SMILES string of the molecule is Fc1cccc(Nc2cnnc(NC3CCCCCC3)n2)c1. The van der Waals surface area contributed by atoms with Gasteiger partial charge in [-0.3, -0.25) is 0 Å². The highest BCUT2D eigenvalue weighted by molar-refractivity contribution is 5.55. The Balaban J connectivity index is 1.66. The molecule has 22 heavy (non-hydrogen) atoms. The zero-order valence-corrected chi connectivity index (χ0v) is 12.4. The number of rotatable bonds is 4. The number of nitrogens with one attached hydrogen (secondary N) is 2. The van der Waals surface area contributed by atoms with Crippen LogP contribution in [-0.4, -0.2) is 21.2 Å². The van der Waals surface area contributed by atoms with Crippen LogP contribution in [0.2, 0.25) is 0 Å². The molecule has 0 aliphatic heterocycles. The van der Waals surface area contributed by atoms with Crippen LogP contribution in [-0.2, 0) is 0 Å². The van der Waals surface area contributed by atoms with Gasteiger partial charge >= 0.3 is 0 Å². The quantitative estimate of drug-likeness (QED) is 0.839. The van der Waals surface area contributed by atoms with Crippen molar-refractivity contribution in [1.82, 2.24) is 15.2 Å². The Kier molecular flexibility index (Phi) is 4.78. The van der Waals surface area contributed by atoms with E-state index in [1.54, 1.807) is 12.1 Å². The van der Waals surface area contributed by atoms with Crippen molar-refractivity contribution in [2.45, 2.75) is 44.6 Å². The van der Waals surface area contributed by atoms with Crippen molar-refractivity contribution >= 4 is 17.5 Å². The van der Waals surface area contributed by atoms with Crippen molar-refractivity contribution in [3.63, 3.8) is 0 Å². The minimum atomic E-state index is -0.288.